The van der Waals surface area contributed by atoms with Crippen LogP contribution in [0.25, 0.3) is 79.5 Å². The van der Waals surface area contributed by atoms with Gasteiger partial charge in [0.05, 0.1) is 11.4 Å². The molecule has 8 aromatic carbocycles. The van der Waals surface area contributed by atoms with Crippen molar-refractivity contribution >= 4 is 28.8 Å². The average molecular weight is 782 g/mol. The quantitative estimate of drug-likeness (QED) is 0.143. The highest BCUT2D eigenvalue weighted by molar-refractivity contribution is 6.36. The van der Waals surface area contributed by atoms with Crippen molar-refractivity contribution in [1.29, 1.82) is 5.41 Å². The zero-order chi connectivity index (χ0) is 41.0. The number of hydrogen-bond acceptors (Lipinski definition) is 5. The van der Waals surface area contributed by atoms with Crippen LogP contribution in [0.1, 0.15) is 27.8 Å². The SMILES string of the molecule is N=C(/C(=C1\NC(c2ccccc2)=Cc2c1cccc2-c1ccc(-c2ccc(-c3nc(-c4ccccc4)nc(-c4ccccc4)n3)cc2)cc1)c1ccccc1)c1ccccc1. The monoisotopic (exact) mass is 781 g/mol. The molecule has 10 rings (SSSR count). The number of rotatable bonds is 9. The van der Waals surface area contributed by atoms with E-state index < -0.39 is 0 Å². The second-order valence-corrected chi connectivity index (χ2v) is 14.9. The Morgan fingerprint density at radius 2 is 0.738 bits per heavy atom. The van der Waals surface area contributed by atoms with E-state index in [4.69, 9.17) is 15.0 Å². The summed E-state index contributed by atoms with van der Waals surface area (Å²) in [4.78, 5) is 14.7. The minimum atomic E-state index is 0.457. The topological polar surface area (TPSA) is 74.6 Å². The Bertz CT molecular complexity index is 2990. The lowest BCUT2D eigenvalue weighted by atomic mass is 9.85. The summed E-state index contributed by atoms with van der Waals surface area (Å²) in [7, 11) is 0. The molecule has 0 unspecified atom stereocenters. The first-order chi connectivity index (χ1) is 30.2. The lowest BCUT2D eigenvalue weighted by molar-refractivity contribution is 1.07. The van der Waals surface area contributed by atoms with Gasteiger partial charge in [-0.25, -0.2) is 15.0 Å². The van der Waals surface area contributed by atoms with Gasteiger partial charge in [-0.3, -0.25) is 5.41 Å². The third kappa shape index (κ3) is 7.60. The van der Waals surface area contributed by atoms with E-state index in [1.807, 2.05) is 115 Å². The highest BCUT2D eigenvalue weighted by Crippen LogP contribution is 2.41. The lowest BCUT2D eigenvalue weighted by Crippen LogP contribution is -2.20. The van der Waals surface area contributed by atoms with Gasteiger partial charge in [0.1, 0.15) is 0 Å². The zero-order valence-electron chi connectivity index (χ0n) is 33.2. The smallest absolute Gasteiger partial charge is 0.164 e. The maximum absolute atomic E-state index is 9.62. The molecule has 0 saturated carbocycles. The largest absolute Gasteiger partial charge is 0.354 e. The van der Waals surface area contributed by atoms with Gasteiger partial charge in [0, 0.05) is 39.1 Å². The number of nitrogens with zero attached hydrogens (tertiary/aromatic N) is 3. The molecule has 5 heteroatoms. The predicted molar refractivity (Wildman–Crippen MR) is 251 cm³/mol. The van der Waals surface area contributed by atoms with Crippen LogP contribution in [0.2, 0.25) is 0 Å². The number of fused-ring (bicyclic) bond motifs is 1. The standard InChI is InChI=1S/C56H39N5/c57-52(43-21-10-3-11-22-43)51(42-19-8-2-9-20-42)53-48-28-16-27-47(49(48)37-50(58-53)41-17-6-1-7-18-41)40-33-29-38(30-34-40)39-31-35-46(36-32-39)56-60-54(44-23-12-4-13-24-44)59-55(61-56)45-25-14-5-15-26-45/h1-37,57-58H/b53-51-,57-52?. The second kappa shape index (κ2) is 16.5. The molecular weight excluding hydrogens is 743 g/mol. The number of allylic oxidation sites excluding steroid dienone is 1. The fourth-order valence-corrected chi connectivity index (χ4v) is 7.90. The van der Waals surface area contributed by atoms with E-state index >= 15 is 0 Å². The average Bonchev–Trinajstić information content (AvgIpc) is 3.35. The number of benzene rings is 8. The lowest BCUT2D eigenvalue weighted by Gasteiger charge is -2.27. The maximum Gasteiger partial charge on any atom is 0.164 e. The molecule has 1 aromatic heterocycles. The Kier molecular flexibility index (Phi) is 10.0. The van der Waals surface area contributed by atoms with Crippen LogP contribution in [0.5, 0.6) is 0 Å². The van der Waals surface area contributed by atoms with E-state index in [0.29, 0.717) is 23.2 Å². The minimum Gasteiger partial charge on any atom is -0.354 e. The van der Waals surface area contributed by atoms with Crippen LogP contribution in [-0.2, 0) is 0 Å². The number of hydrogen-bond donors (Lipinski definition) is 2. The van der Waals surface area contributed by atoms with Crippen LogP contribution in [0.15, 0.2) is 218 Å². The Morgan fingerprint density at radius 3 is 1.25 bits per heavy atom. The van der Waals surface area contributed by atoms with E-state index in [0.717, 1.165) is 83.7 Å². The van der Waals surface area contributed by atoms with Crippen LogP contribution in [0.4, 0.5) is 0 Å². The molecule has 2 N–H and O–H groups in total. The molecule has 9 aromatic rings. The molecule has 0 radical (unpaired) electrons. The third-order valence-electron chi connectivity index (χ3n) is 11.0. The molecule has 0 spiro atoms. The molecule has 0 saturated heterocycles. The molecule has 5 nitrogen and oxygen atoms in total. The van der Waals surface area contributed by atoms with Crippen LogP contribution < -0.4 is 5.32 Å². The first-order valence-electron chi connectivity index (χ1n) is 20.4. The van der Waals surface area contributed by atoms with Crippen molar-refractivity contribution in [3.63, 3.8) is 0 Å². The predicted octanol–water partition coefficient (Wildman–Crippen LogP) is 13.2. The van der Waals surface area contributed by atoms with Crippen molar-refractivity contribution < 1.29 is 0 Å². The van der Waals surface area contributed by atoms with Gasteiger partial charge in [0.15, 0.2) is 17.5 Å². The molecule has 288 valence electrons. The van der Waals surface area contributed by atoms with Gasteiger partial charge in [0.25, 0.3) is 0 Å². The van der Waals surface area contributed by atoms with E-state index in [1.54, 1.807) is 0 Å². The molecule has 61 heavy (non-hydrogen) atoms. The van der Waals surface area contributed by atoms with Gasteiger partial charge < -0.3 is 5.32 Å². The first kappa shape index (κ1) is 37.0. The molecular formula is C56H39N5. The van der Waals surface area contributed by atoms with Gasteiger partial charge in [-0.15, -0.1) is 0 Å². The summed E-state index contributed by atoms with van der Waals surface area (Å²) in [6.07, 6.45) is 2.25. The van der Waals surface area contributed by atoms with E-state index in [1.165, 1.54) is 0 Å². The van der Waals surface area contributed by atoms with Crippen molar-refractivity contribution in [1.82, 2.24) is 20.3 Å². The summed E-state index contributed by atoms with van der Waals surface area (Å²) in [6, 6.07) is 74.4. The molecule has 1 aliphatic heterocycles. The molecule has 1 aliphatic rings. The van der Waals surface area contributed by atoms with Crippen molar-refractivity contribution in [2.45, 2.75) is 0 Å². The summed E-state index contributed by atoms with van der Waals surface area (Å²) in [5.41, 5.74) is 15.5. The first-order valence-corrected chi connectivity index (χ1v) is 20.4. The van der Waals surface area contributed by atoms with Gasteiger partial charge in [-0.2, -0.15) is 0 Å². The molecule has 0 amide bonds. The molecule has 0 bridgehead atoms. The van der Waals surface area contributed by atoms with Crippen LogP contribution in [0.3, 0.4) is 0 Å². The molecule has 2 heterocycles. The number of nitrogens with one attached hydrogen (secondary N) is 2. The summed E-state index contributed by atoms with van der Waals surface area (Å²) < 4.78 is 0. The summed E-state index contributed by atoms with van der Waals surface area (Å²) >= 11 is 0. The fourth-order valence-electron chi connectivity index (χ4n) is 7.90. The normalized spacial score (nSPS) is 12.8. The van der Waals surface area contributed by atoms with Crippen molar-refractivity contribution in [3.8, 4) is 56.4 Å². The van der Waals surface area contributed by atoms with Crippen molar-refractivity contribution in [3.05, 3.63) is 246 Å². The van der Waals surface area contributed by atoms with Gasteiger partial charge in [0.2, 0.25) is 0 Å². The summed E-state index contributed by atoms with van der Waals surface area (Å²) in [5, 5.41) is 13.4. The van der Waals surface area contributed by atoms with Crippen LogP contribution in [-0.4, -0.2) is 20.7 Å². The van der Waals surface area contributed by atoms with Crippen molar-refractivity contribution in [2.75, 3.05) is 0 Å². The molecule has 0 aliphatic carbocycles. The number of aromatic nitrogens is 3. The second-order valence-electron chi connectivity index (χ2n) is 14.9. The van der Waals surface area contributed by atoms with E-state index in [-0.39, 0.29) is 0 Å². The van der Waals surface area contributed by atoms with Crippen LogP contribution in [0, 0.1) is 5.41 Å². The fraction of sp³-hybridized carbons (Fsp3) is 0. The van der Waals surface area contributed by atoms with Gasteiger partial charge in [-0.05, 0) is 45.0 Å². The van der Waals surface area contributed by atoms with Crippen LogP contribution >= 0.6 is 0 Å². The van der Waals surface area contributed by atoms with Gasteiger partial charge >= 0.3 is 0 Å². The molecule has 0 fully saturated rings. The highest BCUT2D eigenvalue weighted by atomic mass is 15.0. The third-order valence-corrected chi connectivity index (χ3v) is 11.0. The zero-order valence-corrected chi connectivity index (χ0v) is 33.2. The van der Waals surface area contributed by atoms with Crippen molar-refractivity contribution in [2.24, 2.45) is 0 Å². The van der Waals surface area contributed by atoms with Gasteiger partial charge in [-0.1, -0.05) is 218 Å². The Balaban J connectivity index is 1.03. The van der Waals surface area contributed by atoms with E-state index in [9.17, 15) is 5.41 Å². The summed E-state index contributed by atoms with van der Waals surface area (Å²) in [6.45, 7) is 0. The van der Waals surface area contributed by atoms with E-state index in [2.05, 4.69) is 115 Å². The minimum absolute atomic E-state index is 0.457. The highest BCUT2D eigenvalue weighted by Gasteiger charge is 2.25. The Hall–Kier alpha value is -8.28. The molecule has 0 atom stereocenters. The Morgan fingerprint density at radius 1 is 0.344 bits per heavy atom. The summed E-state index contributed by atoms with van der Waals surface area (Å²) in [5.74, 6) is 1.91. The Labute approximate surface area is 355 Å². The maximum atomic E-state index is 9.62.